The average Bonchev–Trinajstić information content (AvgIpc) is 3.04. The van der Waals surface area contributed by atoms with Crippen LogP contribution in [0.25, 0.3) is 5.76 Å². The summed E-state index contributed by atoms with van der Waals surface area (Å²) >= 11 is 0. The number of hydrogen-bond acceptors (Lipinski definition) is 7. The predicted molar refractivity (Wildman–Crippen MR) is 122 cm³/mol. The van der Waals surface area contributed by atoms with Crippen LogP contribution in [0.5, 0.6) is 17.2 Å². The molecular formula is C25H29NO7. The van der Waals surface area contributed by atoms with Crippen LogP contribution in [-0.2, 0) is 14.3 Å². The highest BCUT2D eigenvalue weighted by Gasteiger charge is 2.46. The molecule has 0 radical (unpaired) electrons. The number of aliphatic hydroxyl groups excluding tert-OH is 1. The van der Waals surface area contributed by atoms with Gasteiger partial charge in [0.25, 0.3) is 11.7 Å². The number of carbonyl (C=O) groups is 2. The normalized spacial score (nSPS) is 17.4. The fraction of sp³-hybridized carbons (Fsp3) is 0.360. The molecule has 176 valence electrons. The van der Waals surface area contributed by atoms with Gasteiger partial charge in [0.15, 0.2) is 0 Å². The number of aromatic hydroxyl groups is 1. The monoisotopic (exact) mass is 455 g/mol. The van der Waals surface area contributed by atoms with Gasteiger partial charge >= 0.3 is 0 Å². The average molecular weight is 456 g/mol. The molecule has 2 aromatic carbocycles. The Morgan fingerprint density at radius 2 is 1.82 bits per heavy atom. The predicted octanol–water partition coefficient (Wildman–Crippen LogP) is 3.65. The highest BCUT2D eigenvalue weighted by atomic mass is 16.5. The first-order valence-corrected chi connectivity index (χ1v) is 10.9. The number of likely N-dealkylation sites (tertiary alicyclic amines) is 1. The maximum absolute atomic E-state index is 13.1. The van der Waals surface area contributed by atoms with E-state index >= 15 is 0 Å². The Labute approximate surface area is 193 Å². The number of phenolic OH excluding ortho intramolecular Hbond substituents is 1. The second-order valence-electron chi connectivity index (χ2n) is 7.46. The van der Waals surface area contributed by atoms with Crippen molar-refractivity contribution in [2.24, 2.45) is 0 Å². The van der Waals surface area contributed by atoms with E-state index in [1.807, 2.05) is 6.92 Å². The van der Waals surface area contributed by atoms with E-state index in [4.69, 9.17) is 14.2 Å². The summed E-state index contributed by atoms with van der Waals surface area (Å²) in [5, 5.41) is 21.3. The van der Waals surface area contributed by atoms with Crippen LogP contribution in [0.4, 0.5) is 0 Å². The van der Waals surface area contributed by atoms with Crippen LogP contribution < -0.4 is 9.47 Å². The number of ether oxygens (including phenoxy) is 3. The van der Waals surface area contributed by atoms with Gasteiger partial charge in [-0.3, -0.25) is 9.59 Å². The Balaban J connectivity index is 2.16. The number of benzene rings is 2. The smallest absolute Gasteiger partial charge is 0.295 e. The van der Waals surface area contributed by atoms with Crippen LogP contribution in [0.2, 0.25) is 0 Å². The molecule has 1 saturated heterocycles. The zero-order valence-electron chi connectivity index (χ0n) is 19.0. The van der Waals surface area contributed by atoms with Gasteiger partial charge in [0.2, 0.25) is 0 Å². The molecule has 0 aromatic heterocycles. The third-order valence-electron chi connectivity index (χ3n) is 5.29. The minimum atomic E-state index is -0.866. The molecule has 1 atom stereocenters. The number of rotatable bonds is 10. The van der Waals surface area contributed by atoms with Gasteiger partial charge in [0, 0.05) is 26.3 Å². The van der Waals surface area contributed by atoms with Crippen molar-refractivity contribution in [1.82, 2.24) is 4.90 Å². The molecule has 1 amide bonds. The zero-order valence-corrected chi connectivity index (χ0v) is 19.0. The maximum atomic E-state index is 13.1. The molecule has 1 aliphatic heterocycles. The van der Waals surface area contributed by atoms with E-state index in [0.717, 1.165) is 0 Å². The Morgan fingerprint density at radius 1 is 1.06 bits per heavy atom. The van der Waals surface area contributed by atoms with Gasteiger partial charge in [-0.2, -0.15) is 0 Å². The van der Waals surface area contributed by atoms with E-state index in [-0.39, 0.29) is 29.2 Å². The van der Waals surface area contributed by atoms with E-state index < -0.39 is 17.7 Å². The summed E-state index contributed by atoms with van der Waals surface area (Å²) in [7, 11) is 1.56. The summed E-state index contributed by atoms with van der Waals surface area (Å²) in [6, 6.07) is 10.4. The maximum Gasteiger partial charge on any atom is 0.295 e. The first-order valence-electron chi connectivity index (χ1n) is 10.9. The van der Waals surface area contributed by atoms with Crippen molar-refractivity contribution in [2.45, 2.75) is 26.3 Å². The van der Waals surface area contributed by atoms with Crippen molar-refractivity contribution in [3.05, 3.63) is 59.2 Å². The van der Waals surface area contributed by atoms with Gasteiger partial charge in [-0.25, -0.2) is 0 Å². The SMILES string of the molecule is CCOc1ccc(/C(O)=C2/C(=O)C(=O)N(CCCOC)C2c2cccc(O)c2)c(OCC)c1. The van der Waals surface area contributed by atoms with Crippen LogP contribution >= 0.6 is 0 Å². The van der Waals surface area contributed by atoms with E-state index in [0.29, 0.717) is 43.3 Å². The van der Waals surface area contributed by atoms with Crippen molar-refractivity contribution in [2.75, 3.05) is 33.5 Å². The van der Waals surface area contributed by atoms with Gasteiger partial charge in [-0.05, 0) is 50.1 Å². The molecule has 0 bridgehead atoms. The fourth-order valence-corrected chi connectivity index (χ4v) is 3.91. The molecule has 0 spiro atoms. The number of ketones is 1. The van der Waals surface area contributed by atoms with Crippen molar-refractivity contribution < 1.29 is 34.0 Å². The second-order valence-corrected chi connectivity index (χ2v) is 7.46. The van der Waals surface area contributed by atoms with Gasteiger partial charge in [-0.1, -0.05) is 12.1 Å². The number of phenols is 1. The largest absolute Gasteiger partial charge is 0.508 e. The van der Waals surface area contributed by atoms with Crippen LogP contribution in [0.3, 0.4) is 0 Å². The number of carbonyl (C=O) groups excluding carboxylic acids is 2. The second kappa shape index (κ2) is 10.9. The van der Waals surface area contributed by atoms with Crippen LogP contribution in [0.1, 0.15) is 37.4 Å². The Hall–Kier alpha value is -3.52. The summed E-state index contributed by atoms with van der Waals surface area (Å²) in [6.45, 7) is 5.10. The quantitative estimate of drug-likeness (QED) is 0.244. The molecule has 2 aromatic rings. The molecule has 3 rings (SSSR count). The number of hydrogen-bond donors (Lipinski definition) is 2. The summed E-state index contributed by atoms with van der Waals surface area (Å²) in [4.78, 5) is 27.4. The molecule has 2 N–H and O–H groups in total. The van der Waals surface area contributed by atoms with Crippen molar-refractivity contribution in [3.63, 3.8) is 0 Å². The highest BCUT2D eigenvalue weighted by molar-refractivity contribution is 6.46. The third kappa shape index (κ3) is 5.12. The lowest BCUT2D eigenvalue weighted by molar-refractivity contribution is -0.140. The van der Waals surface area contributed by atoms with E-state index in [9.17, 15) is 19.8 Å². The van der Waals surface area contributed by atoms with Gasteiger partial charge in [0.1, 0.15) is 23.0 Å². The molecule has 0 aliphatic carbocycles. The molecule has 33 heavy (non-hydrogen) atoms. The lowest BCUT2D eigenvalue weighted by atomic mass is 9.94. The number of aliphatic hydroxyl groups is 1. The molecule has 1 fully saturated rings. The van der Waals surface area contributed by atoms with Crippen LogP contribution in [0, 0.1) is 0 Å². The Morgan fingerprint density at radius 3 is 2.48 bits per heavy atom. The topological polar surface area (TPSA) is 106 Å². The highest BCUT2D eigenvalue weighted by Crippen LogP contribution is 2.42. The number of nitrogens with zero attached hydrogens (tertiary/aromatic N) is 1. The summed E-state index contributed by atoms with van der Waals surface area (Å²) in [6.07, 6.45) is 0.506. The van der Waals surface area contributed by atoms with Crippen molar-refractivity contribution in [1.29, 1.82) is 0 Å². The Kier molecular flexibility index (Phi) is 7.95. The van der Waals surface area contributed by atoms with Gasteiger partial charge in [-0.15, -0.1) is 0 Å². The molecule has 1 aliphatic rings. The molecule has 8 nitrogen and oxygen atoms in total. The molecule has 8 heteroatoms. The number of amides is 1. The minimum absolute atomic E-state index is 0.00829. The number of Topliss-reactive ketones (excluding diaryl/α,β-unsaturated/α-hetero) is 1. The van der Waals surface area contributed by atoms with Gasteiger partial charge < -0.3 is 29.3 Å². The van der Waals surface area contributed by atoms with Gasteiger partial charge in [0.05, 0.1) is 30.4 Å². The Bertz CT molecular complexity index is 1050. The fourth-order valence-electron chi connectivity index (χ4n) is 3.91. The lowest BCUT2D eigenvalue weighted by Gasteiger charge is -2.25. The molecule has 1 heterocycles. The first kappa shape index (κ1) is 24.1. The van der Waals surface area contributed by atoms with Crippen molar-refractivity contribution in [3.8, 4) is 17.2 Å². The summed E-state index contributed by atoms with van der Waals surface area (Å²) in [5.74, 6) is -0.976. The van der Waals surface area contributed by atoms with Crippen molar-refractivity contribution >= 4 is 17.4 Å². The summed E-state index contributed by atoms with van der Waals surface area (Å²) < 4.78 is 16.3. The minimum Gasteiger partial charge on any atom is -0.508 e. The molecular weight excluding hydrogens is 426 g/mol. The lowest BCUT2D eigenvalue weighted by Crippen LogP contribution is -2.31. The third-order valence-corrected chi connectivity index (χ3v) is 5.29. The van der Waals surface area contributed by atoms with E-state index in [1.54, 1.807) is 44.4 Å². The molecule has 0 saturated carbocycles. The first-order chi connectivity index (χ1) is 15.9. The van der Waals surface area contributed by atoms with E-state index in [1.165, 1.54) is 17.0 Å². The van der Waals surface area contributed by atoms with Crippen LogP contribution in [-0.4, -0.2) is 60.3 Å². The zero-order chi connectivity index (χ0) is 24.0. The van der Waals surface area contributed by atoms with E-state index in [2.05, 4.69) is 0 Å². The van der Waals surface area contributed by atoms with Crippen LogP contribution in [0.15, 0.2) is 48.0 Å². The number of methoxy groups -OCH3 is 1. The standard InChI is InChI=1S/C25H29NO7/c1-4-32-18-10-11-19(20(15-18)33-5-2)23(28)21-22(16-8-6-9-17(27)14-16)26(12-7-13-31-3)25(30)24(21)29/h6,8-11,14-15,22,27-28H,4-5,7,12-13H2,1-3H3/b23-21-. The molecule has 1 unspecified atom stereocenters. The summed E-state index contributed by atoms with van der Waals surface area (Å²) in [5.41, 5.74) is 0.727.